The highest BCUT2D eigenvalue weighted by Crippen LogP contribution is 2.37. The van der Waals surface area contributed by atoms with Gasteiger partial charge in [-0.15, -0.1) is 0 Å². The Bertz CT molecular complexity index is 652. The number of fused-ring (bicyclic) bond motifs is 1. The van der Waals surface area contributed by atoms with Crippen LogP contribution in [0.1, 0.15) is 53.3 Å². The number of hydrogen-bond donors (Lipinski definition) is 3. The zero-order chi connectivity index (χ0) is 16.3. The first kappa shape index (κ1) is 16.4. The molecule has 0 atom stereocenters. The number of benzene rings is 1. The van der Waals surface area contributed by atoms with Crippen LogP contribution in [0.3, 0.4) is 0 Å². The molecule has 1 aromatic rings. The molecule has 0 aromatic heterocycles. The zero-order valence-electron chi connectivity index (χ0n) is 12.3. The molecule has 2 rings (SSSR count). The van der Waals surface area contributed by atoms with E-state index >= 15 is 0 Å². The van der Waals surface area contributed by atoms with Gasteiger partial charge in [0.25, 0.3) is 0 Å². The number of nitrogens with one attached hydrogen (secondary N) is 1. The number of Topliss-reactive ketones (excluding diaryl/α,β-unsaturated/α-hetero) is 2. The van der Waals surface area contributed by atoms with Crippen LogP contribution >= 0.6 is 11.6 Å². The molecule has 0 aliphatic heterocycles. The molecule has 0 amide bonds. The molecule has 0 heterocycles. The smallest absolute Gasteiger partial charge is 0.215 e. The maximum atomic E-state index is 12.4. The van der Waals surface area contributed by atoms with E-state index in [0.29, 0.717) is 6.54 Å². The molecule has 0 saturated carbocycles. The maximum absolute atomic E-state index is 12.4. The summed E-state index contributed by atoms with van der Waals surface area (Å²) >= 11 is 5.97. The van der Waals surface area contributed by atoms with E-state index < -0.39 is 11.6 Å². The first-order valence-corrected chi connectivity index (χ1v) is 7.64. The van der Waals surface area contributed by atoms with Gasteiger partial charge in [0.15, 0.2) is 0 Å². The summed E-state index contributed by atoms with van der Waals surface area (Å²) in [6.45, 7) is 2.61. The molecule has 0 saturated heterocycles. The third-order valence-electron chi connectivity index (χ3n) is 3.59. The highest BCUT2D eigenvalue weighted by molar-refractivity contribution is 6.50. The van der Waals surface area contributed by atoms with Crippen LogP contribution in [-0.2, 0) is 0 Å². The molecule has 118 valence electrons. The second-order valence-corrected chi connectivity index (χ2v) is 5.57. The third-order valence-corrected chi connectivity index (χ3v) is 3.95. The van der Waals surface area contributed by atoms with E-state index in [-0.39, 0.29) is 33.4 Å². The number of phenolic OH excluding ortho intramolecular Hbond substituents is 2. The van der Waals surface area contributed by atoms with Gasteiger partial charge in [-0.25, -0.2) is 0 Å². The summed E-state index contributed by atoms with van der Waals surface area (Å²) in [5, 5.41) is 22.2. The quantitative estimate of drug-likeness (QED) is 0.553. The highest BCUT2D eigenvalue weighted by atomic mass is 35.5. The minimum absolute atomic E-state index is 0.0171. The van der Waals surface area contributed by atoms with Crippen LogP contribution in [0.5, 0.6) is 11.5 Å². The molecular weight excluding hydrogens is 306 g/mol. The van der Waals surface area contributed by atoms with E-state index in [4.69, 9.17) is 11.6 Å². The lowest BCUT2D eigenvalue weighted by Gasteiger charge is -2.20. The number of unbranched alkanes of at least 4 members (excludes halogenated alkanes) is 3. The Balaban J connectivity index is 2.26. The normalized spacial score (nSPS) is 14.3. The fourth-order valence-electron chi connectivity index (χ4n) is 2.41. The number of phenols is 2. The van der Waals surface area contributed by atoms with E-state index in [0.717, 1.165) is 31.7 Å². The molecule has 0 radical (unpaired) electrons. The second-order valence-electron chi connectivity index (χ2n) is 5.19. The van der Waals surface area contributed by atoms with E-state index in [2.05, 4.69) is 12.2 Å². The largest absolute Gasteiger partial charge is 0.507 e. The molecule has 6 heteroatoms. The predicted molar refractivity (Wildman–Crippen MR) is 83.5 cm³/mol. The number of hydrogen-bond acceptors (Lipinski definition) is 5. The van der Waals surface area contributed by atoms with E-state index in [1.165, 1.54) is 6.07 Å². The van der Waals surface area contributed by atoms with Crippen LogP contribution < -0.4 is 5.32 Å². The van der Waals surface area contributed by atoms with E-state index in [9.17, 15) is 19.8 Å². The Morgan fingerprint density at radius 2 is 1.59 bits per heavy atom. The lowest BCUT2D eigenvalue weighted by Crippen LogP contribution is -2.29. The van der Waals surface area contributed by atoms with Crippen molar-refractivity contribution in [3.63, 3.8) is 0 Å². The summed E-state index contributed by atoms with van der Waals surface area (Å²) in [6, 6.07) is 2.34. The van der Waals surface area contributed by atoms with Crippen LogP contribution in [0.15, 0.2) is 22.9 Å². The van der Waals surface area contributed by atoms with Crippen LogP contribution in [-0.4, -0.2) is 28.3 Å². The predicted octanol–water partition coefficient (Wildman–Crippen LogP) is 3.10. The first-order chi connectivity index (χ1) is 10.5. The van der Waals surface area contributed by atoms with Gasteiger partial charge in [-0.05, 0) is 18.6 Å². The molecule has 1 aliphatic rings. The Hall–Kier alpha value is -2.01. The number of carbonyl (C=O) groups excluding carboxylic acids is 2. The first-order valence-electron chi connectivity index (χ1n) is 7.27. The second kappa shape index (κ2) is 6.83. The summed E-state index contributed by atoms with van der Waals surface area (Å²) in [5.74, 6) is -1.96. The number of ketones is 2. The number of aromatic hydroxyl groups is 2. The summed E-state index contributed by atoms with van der Waals surface area (Å²) in [7, 11) is 0. The number of allylic oxidation sites excluding steroid dienone is 2. The molecular formula is C16H18ClNO4. The molecule has 1 aromatic carbocycles. The van der Waals surface area contributed by atoms with Crippen molar-refractivity contribution in [1.82, 2.24) is 5.32 Å². The van der Waals surface area contributed by atoms with Gasteiger partial charge in [0, 0.05) is 6.54 Å². The number of rotatable bonds is 6. The van der Waals surface area contributed by atoms with Crippen molar-refractivity contribution in [2.75, 3.05) is 6.54 Å². The SMILES string of the molecule is CCCCCCNC1=C(Cl)C(=O)c2c(O)ccc(O)c2C1=O. The van der Waals surface area contributed by atoms with Crippen molar-refractivity contribution in [3.8, 4) is 11.5 Å². The lowest BCUT2D eigenvalue weighted by atomic mass is 9.90. The van der Waals surface area contributed by atoms with Gasteiger partial charge in [0.2, 0.25) is 11.6 Å². The van der Waals surface area contributed by atoms with Crippen molar-refractivity contribution in [3.05, 3.63) is 34.0 Å². The van der Waals surface area contributed by atoms with Gasteiger partial charge in [-0.1, -0.05) is 37.8 Å². The summed E-state index contributed by atoms with van der Waals surface area (Å²) in [5.41, 5.74) is -0.464. The average molecular weight is 324 g/mol. The van der Waals surface area contributed by atoms with Gasteiger partial charge in [-0.2, -0.15) is 0 Å². The molecule has 3 N–H and O–H groups in total. The van der Waals surface area contributed by atoms with Gasteiger partial charge >= 0.3 is 0 Å². The minimum Gasteiger partial charge on any atom is -0.507 e. The van der Waals surface area contributed by atoms with Crippen molar-refractivity contribution in [2.24, 2.45) is 0 Å². The van der Waals surface area contributed by atoms with E-state index in [1.54, 1.807) is 0 Å². The number of halogens is 1. The van der Waals surface area contributed by atoms with E-state index in [1.807, 2.05) is 0 Å². The van der Waals surface area contributed by atoms with Crippen LogP contribution in [0, 0.1) is 0 Å². The summed E-state index contributed by atoms with van der Waals surface area (Å²) < 4.78 is 0. The fraction of sp³-hybridized carbons (Fsp3) is 0.375. The Morgan fingerprint density at radius 1 is 1.00 bits per heavy atom. The molecule has 0 spiro atoms. The highest BCUT2D eigenvalue weighted by Gasteiger charge is 2.35. The molecule has 0 unspecified atom stereocenters. The van der Waals surface area contributed by atoms with Crippen molar-refractivity contribution in [2.45, 2.75) is 32.6 Å². The topological polar surface area (TPSA) is 86.6 Å². The molecule has 22 heavy (non-hydrogen) atoms. The van der Waals surface area contributed by atoms with Crippen molar-refractivity contribution < 1.29 is 19.8 Å². The Labute approximate surface area is 133 Å². The van der Waals surface area contributed by atoms with Crippen LogP contribution in [0.2, 0.25) is 0 Å². The third kappa shape index (κ3) is 2.95. The van der Waals surface area contributed by atoms with Gasteiger partial charge in [0.1, 0.15) is 22.2 Å². The fourth-order valence-corrected chi connectivity index (χ4v) is 2.66. The molecule has 1 aliphatic carbocycles. The zero-order valence-corrected chi connectivity index (χ0v) is 13.0. The van der Waals surface area contributed by atoms with Crippen LogP contribution in [0.4, 0.5) is 0 Å². The summed E-state index contributed by atoms with van der Waals surface area (Å²) in [6.07, 6.45) is 4.06. The standard InChI is InChI=1S/C16H18ClNO4/c1-2-3-4-5-8-18-14-13(17)15(21)11-9(19)6-7-10(20)12(11)16(14)22/h6-7,18-20H,2-5,8H2,1H3. The van der Waals surface area contributed by atoms with Gasteiger partial charge < -0.3 is 15.5 Å². The maximum Gasteiger partial charge on any atom is 0.215 e. The van der Waals surface area contributed by atoms with Crippen LogP contribution in [0.25, 0.3) is 0 Å². The summed E-state index contributed by atoms with van der Waals surface area (Å²) in [4.78, 5) is 24.7. The number of carbonyl (C=O) groups is 2. The van der Waals surface area contributed by atoms with Gasteiger partial charge in [-0.3, -0.25) is 9.59 Å². The van der Waals surface area contributed by atoms with Gasteiger partial charge in [0.05, 0.1) is 11.1 Å². The lowest BCUT2D eigenvalue weighted by molar-refractivity contribution is 0.0969. The molecule has 0 fully saturated rings. The van der Waals surface area contributed by atoms with Crippen molar-refractivity contribution >= 4 is 23.2 Å². The molecule has 0 bridgehead atoms. The Kier molecular flexibility index (Phi) is 5.08. The Morgan fingerprint density at radius 3 is 2.18 bits per heavy atom. The monoisotopic (exact) mass is 323 g/mol. The average Bonchev–Trinajstić information content (AvgIpc) is 2.50. The molecule has 5 nitrogen and oxygen atoms in total. The minimum atomic E-state index is -0.666. The van der Waals surface area contributed by atoms with Crippen molar-refractivity contribution in [1.29, 1.82) is 0 Å².